The van der Waals surface area contributed by atoms with Crippen molar-refractivity contribution in [2.45, 2.75) is 11.4 Å². The molecule has 1 aromatic rings. The second-order valence-electron chi connectivity index (χ2n) is 3.33. The summed E-state index contributed by atoms with van der Waals surface area (Å²) < 4.78 is 1.01. The van der Waals surface area contributed by atoms with Crippen LogP contribution >= 0.6 is 27.7 Å². The lowest BCUT2D eigenvalue weighted by Crippen LogP contribution is -2.33. The number of nitrogens with one attached hydrogen (secondary N) is 1. The van der Waals surface area contributed by atoms with Crippen LogP contribution < -0.4 is 5.32 Å². The van der Waals surface area contributed by atoms with Gasteiger partial charge >= 0.3 is 5.97 Å². The van der Waals surface area contributed by atoms with E-state index in [0.717, 1.165) is 10.0 Å². The minimum absolute atomic E-state index is 0.0867. The topological polar surface area (TPSA) is 49.3 Å². The Morgan fingerprint density at radius 1 is 1.60 bits per heavy atom. The SMILES string of the molecule is O=C(O)[C@H]1CSC(c2cccc(Br)c2)N1. The maximum atomic E-state index is 10.8. The highest BCUT2D eigenvalue weighted by atomic mass is 79.9. The lowest BCUT2D eigenvalue weighted by Gasteiger charge is -2.11. The second kappa shape index (κ2) is 4.55. The summed E-state index contributed by atoms with van der Waals surface area (Å²) in [5.41, 5.74) is 1.11. The Hall–Kier alpha value is -0.520. The average molecular weight is 288 g/mol. The molecule has 0 saturated carbocycles. The summed E-state index contributed by atoms with van der Waals surface area (Å²) in [6, 6.07) is 7.49. The summed E-state index contributed by atoms with van der Waals surface area (Å²) >= 11 is 5.03. The first-order chi connectivity index (χ1) is 7.16. The molecule has 0 aromatic heterocycles. The predicted molar refractivity (Wildman–Crippen MR) is 63.9 cm³/mol. The first kappa shape index (κ1) is 11.0. The number of halogens is 1. The van der Waals surface area contributed by atoms with Gasteiger partial charge in [-0.05, 0) is 17.7 Å². The number of aliphatic carboxylic acids is 1. The molecule has 15 heavy (non-hydrogen) atoms. The third-order valence-corrected chi connectivity index (χ3v) is 3.99. The largest absolute Gasteiger partial charge is 0.480 e. The minimum Gasteiger partial charge on any atom is -0.480 e. The summed E-state index contributed by atoms with van der Waals surface area (Å²) in [6.45, 7) is 0. The van der Waals surface area contributed by atoms with Crippen LogP contribution in [-0.2, 0) is 4.79 Å². The van der Waals surface area contributed by atoms with Crippen molar-refractivity contribution < 1.29 is 9.90 Å². The van der Waals surface area contributed by atoms with Gasteiger partial charge in [0.05, 0.1) is 5.37 Å². The summed E-state index contributed by atoms with van der Waals surface area (Å²) in [6.07, 6.45) is 0. The van der Waals surface area contributed by atoms with Gasteiger partial charge < -0.3 is 5.11 Å². The maximum Gasteiger partial charge on any atom is 0.321 e. The van der Waals surface area contributed by atoms with Gasteiger partial charge in [0.1, 0.15) is 6.04 Å². The molecule has 0 bridgehead atoms. The van der Waals surface area contributed by atoms with Crippen LogP contribution in [0.3, 0.4) is 0 Å². The molecule has 1 heterocycles. The van der Waals surface area contributed by atoms with Crippen LogP contribution in [0.15, 0.2) is 28.7 Å². The van der Waals surface area contributed by atoms with Crippen molar-refractivity contribution in [1.29, 1.82) is 0 Å². The molecule has 3 nitrogen and oxygen atoms in total. The Bertz CT molecular complexity index is 385. The lowest BCUT2D eigenvalue weighted by molar-refractivity contribution is -0.138. The molecule has 0 radical (unpaired) electrons. The van der Waals surface area contributed by atoms with Gasteiger partial charge in [-0.2, -0.15) is 0 Å². The van der Waals surface area contributed by atoms with Crippen LogP contribution in [0.5, 0.6) is 0 Å². The monoisotopic (exact) mass is 287 g/mol. The third-order valence-electron chi connectivity index (χ3n) is 2.23. The van der Waals surface area contributed by atoms with E-state index >= 15 is 0 Å². The van der Waals surface area contributed by atoms with Gasteiger partial charge in [0.15, 0.2) is 0 Å². The Morgan fingerprint density at radius 2 is 2.40 bits per heavy atom. The molecule has 0 spiro atoms. The molecular formula is C10H10BrNO2S. The Balaban J connectivity index is 2.11. The van der Waals surface area contributed by atoms with Crippen molar-refractivity contribution in [3.8, 4) is 0 Å². The number of carboxylic acids is 1. The van der Waals surface area contributed by atoms with Gasteiger partial charge in [-0.15, -0.1) is 11.8 Å². The molecule has 2 atom stereocenters. The fraction of sp³-hybridized carbons (Fsp3) is 0.300. The highest BCUT2D eigenvalue weighted by Gasteiger charge is 2.30. The molecule has 1 fully saturated rings. The van der Waals surface area contributed by atoms with Gasteiger partial charge in [-0.3, -0.25) is 10.1 Å². The van der Waals surface area contributed by atoms with E-state index < -0.39 is 12.0 Å². The number of benzene rings is 1. The van der Waals surface area contributed by atoms with Crippen LogP contribution in [0.2, 0.25) is 0 Å². The number of carbonyl (C=O) groups is 1. The van der Waals surface area contributed by atoms with E-state index in [1.165, 1.54) is 0 Å². The predicted octanol–water partition coefficient (Wildman–Crippen LogP) is 2.24. The molecule has 1 aliphatic rings. The lowest BCUT2D eigenvalue weighted by atomic mass is 10.2. The molecule has 0 aliphatic carbocycles. The van der Waals surface area contributed by atoms with Crippen LogP contribution in [0, 0.1) is 0 Å². The number of rotatable bonds is 2. The van der Waals surface area contributed by atoms with Crippen molar-refractivity contribution in [2.24, 2.45) is 0 Å². The molecule has 1 saturated heterocycles. The zero-order chi connectivity index (χ0) is 10.8. The quantitative estimate of drug-likeness (QED) is 0.876. The zero-order valence-corrected chi connectivity index (χ0v) is 10.2. The average Bonchev–Trinajstić information content (AvgIpc) is 2.66. The number of hydrogen-bond acceptors (Lipinski definition) is 3. The van der Waals surface area contributed by atoms with E-state index in [-0.39, 0.29) is 5.37 Å². The fourth-order valence-corrected chi connectivity index (χ4v) is 3.12. The van der Waals surface area contributed by atoms with Crippen LogP contribution in [0.25, 0.3) is 0 Å². The summed E-state index contributed by atoms with van der Waals surface area (Å²) in [5, 5.41) is 12.0. The second-order valence-corrected chi connectivity index (χ2v) is 5.38. The molecule has 2 rings (SSSR count). The number of hydrogen-bond donors (Lipinski definition) is 2. The standard InChI is InChI=1S/C10H10BrNO2S/c11-7-3-1-2-6(4-7)9-12-8(5-15-9)10(13)14/h1-4,8-9,12H,5H2,(H,13,14)/t8-,9?/m1/s1. The first-order valence-corrected chi connectivity index (χ1v) is 6.37. The maximum absolute atomic E-state index is 10.8. The van der Waals surface area contributed by atoms with E-state index in [9.17, 15) is 4.79 Å². The van der Waals surface area contributed by atoms with Crippen molar-refractivity contribution in [2.75, 3.05) is 5.75 Å². The highest BCUT2D eigenvalue weighted by Crippen LogP contribution is 2.33. The normalized spacial score (nSPS) is 25.4. The molecule has 1 aromatic carbocycles. The van der Waals surface area contributed by atoms with E-state index in [1.54, 1.807) is 11.8 Å². The molecule has 80 valence electrons. The molecular weight excluding hydrogens is 278 g/mol. The van der Waals surface area contributed by atoms with Crippen molar-refractivity contribution in [1.82, 2.24) is 5.32 Å². The number of thioether (sulfide) groups is 1. The van der Waals surface area contributed by atoms with E-state index in [4.69, 9.17) is 5.11 Å². The highest BCUT2D eigenvalue weighted by molar-refractivity contribution is 9.10. The Labute approximate surface area is 100 Å². The van der Waals surface area contributed by atoms with Crippen molar-refractivity contribution in [3.63, 3.8) is 0 Å². The van der Waals surface area contributed by atoms with Crippen molar-refractivity contribution >= 4 is 33.7 Å². The van der Waals surface area contributed by atoms with Gasteiger partial charge in [0.2, 0.25) is 0 Å². The first-order valence-electron chi connectivity index (χ1n) is 4.53. The molecule has 1 unspecified atom stereocenters. The summed E-state index contributed by atoms with van der Waals surface area (Å²) in [4.78, 5) is 10.8. The van der Waals surface area contributed by atoms with Crippen LogP contribution in [0.1, 0.15) is 10.9 Å². The van der Waals surface area contributed by atoms with Gasteiger partial charge in [-0.1, -0.05) is 28.1 Å². The zero-order valence-electron chi connectivity index (χ0n) is 7.81. The third kappa shape index (κ3) is 2.53. The van der Waals surface area contributed by atoms with E-state index in [0.29, 0.717) is 5.75 Å². The Morgan fingerprint density at radius 3 is 3.00 bits per heavy atom. The molecule has 0 amide bonds. The van der Waals surface area contributed by atoms with Gasteiger partial charge in [0.25, 0.3) is 0 Å². The molecule has 1 aliphatic heterocycles. The van der Waals surface area contributed by atoms with Crippen molar-refractivity contribution in [3.05, 3.63) is 34.3 Å². The van der Waals surface area contributed by atoms with Gasteiger partial charge in [0, 0.05) is 10.2 Å². The van der Waals surface area contributed by atoms with E-state index in [2.05, 4.69) is 21.2 Å². The van der Waals surface area contributed by atoms with Gasteiger partial charge in [-0.25, -0.2) is 0 Å². The van der Waals surface area contributed by atoms with Crippen LogP contribution in [0.4, 0.5) is 0 Å². The fourth-order valence-electron chi connectivity index (χ4n) is 1.48. The van der Waals surface area contributed by atoms with E-state index in [1.807, 2.05) is 24.3 Å². The molecule has 5 heteroatoms. The number of carboxylic acid groups (broad SMARTS) is 1. The minimum atomic E-state index is -0.778. The summed E-state index contributed by atoms with van der Waals surface area (Å²) in [5.74, 6) is -0.160. The summed E-state index contributed by atoms with van der Waals surface area (Å²) in [7, 11) is 0. The Kier molecular flexibility index (Phi) is 3.33. The smallest absolute Gasteiger partial charge is 0.321 e. The molecule has 2 N–H and O–H groups in total. The van der Waals surface area contributed by atoms with Crippen LogP contribution in [-0.4, -0.2) is 22.9 Å².